The largest absolute Gasteiger partial charge is 0.392 e. The Labute approximate surface area is 108 Å². The summed E-state index contributed by atoms with van der Waals surface area (Å²) in [5.74, 6) is 1.08. The molecule has 1 aliphatic carbocycles. The Morgan fingerprint density at radius 3 is 2.78 bits per heavy atom. The molecule has 2 atom stereocenters. The molecule has 0 spiro atoms. The van der Waals surface area contributed by atoms with Gasteiger partial charge in [-0.25, -0.2) is 0 Å². The van der Waals surface area contributed by atoms with Gasteiger partial charge in [-0.15, -0.1) is 0 Å². The average Bonchev–Trinajstić information content (AvgIpc) is 2.79. The summed E-state index contributed by atoms with van der Waals surface area (Å²) in [6.45, 7) is 6.38. The molecule has 1 fully saturated rings. The molecule has 2 rings (SSSR count). The van der Waals surface area contributed by atoms with Gasteiger partial charge in [0.25, 0.3) is 0 Å². The van der Waals surface area contributed by atoms with Crippen LogP contribution in [0.25, 0.3) is 0 Å². The van der Waals surface area contributed by atoms with E-state index in [0.717, 1.165) is 25.7 Å². The maximum atomic E-state index is 9.98. The van der Waals surface area contributed by atoms with E-state index < -0.39 is 5.60 Å². The number of hydrogen-bond donors (Lipinski definition) is 1. The van der Waals surface area contributed by atoms with Crippen LogP contribution in [0.2, 0.25) is 0 Å². The van der Waals surface area contributed by atoms with Crippen molar-refractivity contribution in [3.63, 3.8) is 0 Å². The van der Waals surface area contributed by atoms with E-state index >= 15 is 0 Å². The molecule has 0 amide bonds. The van der Waals surface area contributed by atoms with Gasteiger partial charge in [0.05, 0.1) is 12.0 Å². The number of aliphatic hydroxyl groups is 1. The molecule has 1 aromatic heterocycles. The summed E-state index contributed by atoms with van der Waals surface area (Å²) in [6, 6.07) is 0. The summed E-state index contributed by atoms with van der Waals surface area (Å²) >= 11 is 0. The number of rotatable bonds is 4. The fourth-order valence-corrected chi connectivity index (χ4v) is 2.46. The van der Waals surface area contributed by atoms with Gasteiger partial charge >= 0.3 is 0 Å². The van der Waals surface area contributed by atoms with Crippen LogP contribution in [0.15, 0.2) is 4.52 Å². The van der Waals surface area contributed by atoms with Crippen LogP contribution < -0.4 is 0 Å². The lowest BCUT2D eigenvalue weighted by Crippen LogP contribution is -2.25. The van der Waals surface area contributed by atoms with Gasteiger partial charge < -0.3 is 14.4 Å². The minimum absolute atomic E-state index is 0.0163. The molecule has 0 saturated heterocycles. The fraction of sp³-hybridized carbons (Fsp3) is 0.846. The molecule has 5 nitrogen and oxygen atoms in total. The van der Waals surface area contributed by atoms with Crippen molar-refractivity contribution >= 4 is 0 Å². The number of ether oxygens (including phenoxy) is 1. The molecule has 102 valence electrons. The zero-order valence-corrected chi connectivity index (χ0v) is 11.3. The number of aromatic nitrogens is 2. The Morgan fingerprint density at radius 2 is 2.11 bits per heavy atom. The number of aliphatic hydroxyl groups excluding tert-OH is 1. The second-order valence-corrected chi connectivity index (χ2v) is 5.36. The first-order valence-corrected chi connectivity index (χ1v) is 6.70. The molecular weight excluding hydrogens is 232 g/mol. The quantitative estimate of drug-likeness (QED) is 0.893. The van der Waals surface area contributed by atoms with E-state index in [-0.39, 0.29) is 12.0 Å². The van der Waals surface area contributed by atoms with Gasteiger partial charge in [0.15, 0.2) is 0 Å². The highest BCUT2D eigenvalue weighted by molar-refractivity contribution is 5.03. The number of nitrogens with zero attached hydrogens (tertiary/aromatic N) is 2. The molecule has 1 saturated carbocycles. The molecule has 0 aromatic carbocycles. The van der Waals surface area contributed by atoms with Crippen LogP contribution in [-0.4, -0.2) is 28.0 Å². The van der Waals surface area contributed by atoms with Gasteiger partial charge in [0.1, 0.15) is 5.60 Å². The van der Waals surface area contributed by atoms with Crippen molar-refractivity contribution in [3.8, 4) is 0 Å². The number of hydrogen-bond acceptors (Lipinski definition) is 5. The lowest BCUT2D eigenvalue weighted by atomic mass is 9.86. The van der Waals surface area contributed by atoms with Gasteiger partial charge in [0, 0.05) is 6.61 Å². The predicted octanol–water partition coefficient (Wildman–Crippen LogP) is 2.36. The minimum atomic E-state index is -0.546. The fourth-order valence-electron chi connectivity index (χ4n) is 2.46. The van der Waals surface area contributed by atoms with Gasteiger partial charge in [-0.3, -0.25) is 0 Å². The molecular formula is C13H22N2O3. The highest BCUT2D eigenvalue weighted by Gasteiger charge is 2.33. The van der Waals surface area contributed by atoms with Crippen LogP contribution in [0.4, 0.5) is 0 Å². The highest BCUT2D eigenvalue weighted by Crippen LogP contribution is 2.33. The monoisotopic (exact) mass is 254 g/mol. The molecule has 5 heteroatoms. The van der Waals surface area contributed by atoms with Gasteiger partial charge in [-0.1, -0.05) is 18.0 Å². The van der Waals surface area contributed by atoms with Crippen molar-refractivity contribution in [1.29, 1.82) is 0 Å². The summed E-state index contributed by atoms with van der Waals surface area (Å²) in [5.41, 5.74) is -0.546. The third kappa shape index (κ3) is 2.72. The van der Waals surface area contributed by atoms with E-state index in [4.69, 9.17) is 9.26 Å². The average molecular weight is 254 g/mol. The van der Waals surface area contributed by atoms with Crippen molar-refractivity contribution in [2.24, 2.45) is 0 Å². The minimum Gasteiger partial charge on any atom is -0.392 e. The maximum absolute atomic E-state index is 9.98. The first kappa shape index (κ1) is 13.5. The highest BCUT2D eigenvalue weighted by atomic mass is 16.5. The Kier molecular flexibility index (Phi) is 4.02. The molecule has 1 aliphatic rings. The molecule has 18 heavy (non-hydrogen) atoms. The normalized spacial score (nSPS) is 25.3. The first-order chi connectivity index (χ1) is 8.54. The molecule has 0 radical (unpaired) electrons. The van der Waals surface area contributed by atoms with E-state index in [0.29, 0.717) is 18.3 Å². The lowest BCUT2D eigenvalue weighted by molar-refractivity contribution is -0.0221. The molecule has 1 aromatic rings. The molecule has 1 N–H and O–H groups in total. The van der Waals surface area contributed by atoms with Crippen molar-refractivity contribution in [3.05, 3.63) is 11.7 Å². The van der Waals surface area contributed by atoms with Crippen molar-refractivity contribution < 1.29 is 14.4 Å². The van der Waals surface area contributed by atoms with Crippen molar-refractivity contribution in [2.75, 3.05) is 6.61 Å². The lowest BCUT2D eigenvalue weighted by Gasteiger charge is -2.24. The molecule has 2 unspecified atom stereocenters. The molecule has 0 bridgehead atoms. The predicted molar refractivity (Wildman–Crippen MR) is 66.2 cm³/mol. The summed E-state index contributed by atoms with van der Waals surface area (Å²) in [5, 5.41) is 14.0. The zero-order valence-electron chi connectivity index (χ0n) is 11.3. The standard InChI is InChI=1S/C13H22N2O3/c1-4-17-13(2,3)12-14-11(18-15-12)9-7-5-6-8-10(9)16/h9-10,16H,4-8H2,1-3H3. The topological polar surface area (TPSA) is 68.4 Å². The van der Waals surface area contributed by atoms with E-state index in [1.54, 1.807) is 0 Å². The summed E-state index contributed by atoms with van der Waals surface area (Å²) in [6.07, 6.45) is 3.55. The van der Waals surface area contributed by atoms with E-state index in [2.05, 4.69) is 10.1 Å². The second kappa shape index (κ2) is 5.36. The van der Waals surface area contributed by atoms with Gasteiger partial charge in [-0.05, 0) is 33.6 Å². The van der Waals surface area contributed by atoms with E-state index in [1.807, 2.05) is 20.8 Å². The Hall–Kier alpha value is -0.940. The van der Waals surface area contributed by atoms with Crippen molar-refractivity contribution in [2.45, 2.75) is 64.1 Å². The maximum Gasteiger partial charge on any atom is 0.232 e. The van der Waals surface area contributed by atoms with Crippen LogP contribution in [0.5, 0.6) is 0 Å². The third-order valence-electron chi connectivity index (χ3n) is 3.53. The van der Waals surface area contributed by atoms with Crippen LogP contribution in [0, 0.1) is 0 Å². The van der Waals surface area contributed by atoms with E-state index in [9.17, 15) is 5.11 Å². The van der Waals surface area contributed by atoms with Crippen molar-refractivity contribution in [1.82, 2.24) is 10.1 Å². The molecule has 0 aliphatic heterocycles. The first-order valence-electron chi connectivity index (χ1n) is 6.70. The van der Waals surface area contributed by atoms with Crippen LogP contribution in [-0.2, 0) is 10.3 Å². The molecule has 1 heterocycles. The Balaban J connectivity index is 2.14. The van der Waals surface area contributed by atoms with Gasteiger partial charge in [-0.2, -0.15) is 4.98 Å². The van der Waals surface area contributed by atoms with Gasteiger partial charge in [0.2, 0.25) is 11.7 Å². The Bertz CT molecular complexity index is 389. The second-order valence-electron chi connectivity index (χ2n) is 5.36. The summed E-state index contributed by atoms with van der Waals surface area (Å²) in [4.78, 5) is 4.41. The third-order valence-corrected chi connectivity index (χ3v) is 3.53. The van der Waals surface area contributed by atoms with Crippen LogP contribution in [0.1, 0.15) is 64.1 Å². The summed E-state index contributed by atoms with van der Waals surface area (Å²) < 4.78 is 10.9. The smallest absolute Gasteiger partial charge is 0.232 e. The summed E-state index contributed by atoms with van der Waals surface area (Å²) in [7, 11) is 0. The van der Waals surface area contributed by atoms with Crippen LogP contribution >= 0.6 is 0 Å². The van der Waals surface area contributed by atoms with E-state index in [1.165, 1.54) is 0 Å². The zero-order chi connectivity index (χ0) is 13.2. The Morgan fingerprint density at radius 1 is 1.39 bits per heavy atom. The van der Waals surface area contributed by atoms with Crippen LogP contribution in [0.3, 0.4) is 0 Å². The SMILES string of the molecule is CCOC(C)(C)c1noc(C2CCCCC2O)n1.